The zero-order valence-corrected chi connectivity index (χ0v) is 12.4. The highest BCUT2D eigenvalue weighted by Gasteiger charge is 2.29. The van der Waals surface area contributed by atoms with E-state index in [1.807, 2.05) is 18.3 Å². The zero-order valence-electron chi connectivity index (χ0n) is 12.4. The van der Waals surface area contributed by atoms with Gasteiger partial charge < -0.3 is 5.11 Å². The molecule has 2 aromatic rings. The maximum atomic E-state index is 10.3. The number of aliphatic hydroxyl groups excluding tert-OH is 1. The van der Waals surface area contributed by atoms with Crippen LogP contribution in [-0.2, 0) is 6.42 Å². The normalized spacial score (nSPS) is 25.7. The van der Waals surface area contributed by atoms with Crippen LogP contribution in [0.1, 0.15) is 42.9 Å². The van der Waals surface area contributed by atoms with Crippen molar-refractivity contribution in [1.29, 1.82) is 0 Å². The summed E-state index contributed by atoms with van der Waals surface area (Å²) in [7, 11) is 0. The van der Waals surface area contributed by atoms with Gasteiger partial charge in [0.2, 0.25) is 0 Å². The molecule has 1 saturated carbocycles. The summed E-state index contributed by atoms with van der Waals surface area (Å²) in [6.07, 6.45) is 6.81. The molecule has 110 valence electrons. The quantitative estimate of drug-likeness (QED) is 0.920. The Hall–Kier alpha value is -1.67. The molecule has 1 aliphatic carbocycles. The number of aryl methyl sites for hydroxylation is 1. The Balaban J connectivity index is 1.61. The van der Waals surface area contributed by atoms with Crippen molar-refractivity contribution >= 4 is 0 Å². The van der Waals surface area contributed by atoms with Crippen molar-refractivity contribution < 1.29 is 5.11 Å². The molecule has 0 aliphatic heterocycles. The van der Waals surface area contributed by atoms with Crippen molar-refractivity contribution in [2.75, 3.05) is 0 Å². The van der Waals surface area contributed by atoms with Crippen molar-refractivity contribution in [3.63, 3.8) is 0 Å². The van der Waals surface area contributed by atoms with Crippen LogP contribution in [0.3, 0.4) is 0 Å². The second-order valence-corrected chi connectivity index (χ2v) is 6.11. The topological polar surface area (TPSA) is 33.1 Å². The molecule has 21 heavy (non-hydrogen) atoms. The van der Waals surface area contributed by atoms with E-state index in [9.17, 15) is 5.11 Å². The molecule has 1 N–H and O–H groups in total. The summed E-state index contributed by atoms with van der Waals surface area (Å²) >= 11 is 0. The number of aliphatic hydroxyl groups is 1. The highest BCUT2D eigenvalue weighted by Crippen LogP contribution is 2.38. The monoisotopic (exact) mass is 281 g/mol. The van der Waals surface area contributed by atoms with Gasteiger partial charge in [-0.15, -0.1) is 0 Å². The van der Waals surface area contributed by atoms with Crippen LogP contribution in [0, 0.1) is 5.92 Å². The maximum Gasteiger partial charge on any atom is 0.0569 e. The molecule has 0 spiro atoms. The van der Waals surface area contributed by atoms with E-state index in [0.29, 0.717) is 11.8 Å². The van der Waals surface area contributed by atoms with Gasteiger partial charge in [-0.05, 0) is 61.6 Å². The third kappa shape index (κ3) is 3.70. The Kier molecular flexibility index (Phi) is 4.66. The number of nitrogens with zero attached hydrogens (tertiary/aromatic N) is 1. The Morgan fingerprint density at radius 3 is 2.57 bits per heavy atom. The van der Waals surface area contributed by atoms with Crippen molar-refractivity contribution in [1.82, 2.24) is 4.98 Å². The molecule has 0 radical (unpaired) electrons. The average Bonchev–Trinajstić information content (AvgIpc) is 2.56. The number of benzene rings is 1. The van der Waals surface area contributed by atoms with Crippen LogP contribution in [0.4, 0.5) is 0 Å². The second kappa shape index (κ2) is 6.86. The second-order valence-electron chi connectivity index (χ2n) is 6.11. The highest BCUT2D eigenvalue weighted by atomic mass is 16.3. The molecule has 0 saturated heterocycles. The standard InChI is InChI=1S/C19H23NO/c21-19-12-10-16(15-6-2-1-3-7-15)14-17(19)9-11-18-8-4-5-13-20-18/h1-8,13,16-17,19,21H,9-12,14H2. The van der Waals surface area contributed by atoms with E-state index in [1.165, 1.54) is 5.56 Å². The van der Waals surface area contributed by atoms with Crippen LogP contribution in [0.5, 0.6) is 0 Å². The molecule has 0 bridgehead atoms. The molecule has 1 fully saturated rings. The lowest BCUT2D eigenvalue weighted by Gasteiger charge is -2.33. The van der Waals surface area contributed by atoms with Gasteiger partial charge in [-0.2, -0.15) is 0 Å². The third-order valence-electron chi connectivity index (χ3n) is 4.71. The summed E-state index contributed by atoms with van der Waals surface area (Å²) in [6.45, 7) is 0. The molecule has 2 nitrogen and oxygen atoms in total. The Morgan fingerprint density at radius 1 is 1.00 bits per heavy atom. The Morgan fingerprint density at radius 2 is 1.81 bits per heavy atom. The fraction of sp³-hybridized carbons (Fsp3) is 0.421. The highest BCUT2D eigenvalue weighted by molar-refractivity contribution is 5.20. The minimum absolute atomic E-state index is 0.145. The van der Waals surface area contributed by atoms with Gasteiger partial charge in [0.05, 0.1) is 6.10 Å². The smallest absolute Gasteiger partial charge is 0.0569 e. The van der Waals surface area contributed by atoms with Crippen molar-refractivity contribution in [2.45, 2.75) is 44.1 Å². The molecule has 3 atom stereocenters. The van der Waals surface area contributed by atoms with E-state index in [-0.39, 0.29) is 6.10 Å². The molecule has 3 rings (SSSR count). The molecule has 2 heteroatoms. The SMILES string of the molecule is OC1CCC(c2ccccc2)CC1CCc1ccccn1. The van der Waals surface area contributed by atoms with Gasteiger partial charge in [0.25, 0.3) is 0 Å². The predicted octanol–water partition coefficient (Wildman–Crippen LogP) is 3.96. The molecule has 0 amide bonds. The van der Waals surface area contributed by atoms with Crippen LogP contribution in [0.25, 0.3) is 0 Å². The number of hydrogen-bond donors (Lipinski definition) is 1. The summed E-state index contributed by atoms with van der Waals surface area (Å²) in [4.78, 5) is 4.38. The molecular weight excluding hydrogens is 258 g/mol. The summed E-state index contributed by atoms with van der Waals surface area (Å²) in [5, 5.41) is 10.3. The fourth-order valence-electron chi connectivity index (χ4n) is 3.47. The van der Waals surface area contributed by atoms with E-state index in [2.05, 4.69) is 41.4 Å². The van der Waals surface area contributed by atoms with Crippen LogP contribution >= 0.6 is 0 Å². The summed E-state index contributed by atoms with van der Waals surface area (Å²) in [5.74, 6) is 0.995. The first-order valence-electron chi connectivity index (χ1n) is 7.96. The van der Waals surface area contributed by atoms with Gasteiger partial charge in [0.1, 0.15) is 0 Å². The Labute approximate surface area is 126 Å². The van der Waals surface area contributed by atoms with Crippen LogP contribution in [0.15, 0.2) is 54.7 Å². The van der Waals surface area contributed by atoms with Crippen LogP contribution in [-0.4, -0.2) is 16.2 Å². The van der Waals surface area contributed by atoms with Crippen molar-refractivity contribution in [2.24, 2.45) is 5.92 Å². The number of hydrogen-bond acceptors (Lipinski definition) is 2. The van der Waals surface area contributed by atoms with Gasteiger partial charge >= 0.3 is 0 Å². The van der Waals surface area contributed by atoms with Gasteiger partial charge in [-0.25, -0.2) is 0 Å². The first kappa shape index (κ1) is 14.3. The Bertz CT molecular complexity index is 540. The van der Waals surface area contributed by atoms with Crippen LogP contribution < -0.4 is 0 Å². The molecule has 3 unspecified atom stereocenters. The third-order valence-corrected chi connectivity index (χ3v) is 4.71. The lowest BCUT2D eigenvalue weighted by Crippen LogP contribution is -2.28. The predicted molar refractivity (Wildman–Crippen MR) is 85.1 cm³/mol. The fourth-order valence-corrected chi connectivity index (χ4v) is 3.47. The largest absolute Gasteiger partial charge is 0.393 e. The van der Waals surface area contributed by atoms with Crippen molar-refractivity contribution in [3.05, 3.63) is 66.0 Å². The summed E-state index contributed by atoms with van der Waals surface area (Å²) in [6, 6.07) is 16.8. The van der Waals surface area contributed by atoms with Crippen LogP contribution in [0.2, 0.25) is 0 Å². The molecular formula is C19H23NO. The summed E-state index contributed by atoms with van der Waals surface area (Å²) in [5.41, 5.74) is 2.55. The molecule has 1 aliphatic rings. The van der Waals surface area contributed by atoms with Gasteiger partial charge in [0, 0.05) is 11.9 Å². The maximum absolute atomic E-state index is 10.3. The average molecular weight is 281 g/mol. The van der Waals surface area contributed by atoms with E-state index < -0.39 is 0 Å². The van der Waals surface area contributed by atoms with E-state index in [4.69, 9.17) is 0 Å². The number of pyridine rings is 1. The molecule has 1 aromatic carbocycles. The van der Waals surface area contributed by atoms with E-state index in [0.717, 1.165) is 37.8 Å². The van der Waals surface area contributed by atoms with E-state index >= 15 is 0 Å². The molecule has 1 heterocycles. The zero-order chi connectivity index (χ0) is 14.5. The van der Waals surface area contributed by atoms with E-state index in [1.54, 1.807) is 0 Å². The van der Waals surface area contributed by atoms with Gasteiger partial charge in [0.15, 0.2) is 0 Å². The minimum Gasteiger partial charge on any atom is -0.393 e. The first-order valence-corrected chi connectivity index (χ1v) is 7.96. The number of rotatable bonds is 4. The van der Waals surface area contributed by atoms with Crippen molar-refractivity contribution in [3.8, 4) is 0 Å². The molecule has 1 aromatic heterocycles. The first-order chi connectivity index (χ1) is 10.3. The lowest BCUT2D eigenvalue weighted by molar-refractivity contribution is 0.0574. The number of aromatic nitrogens is 1. The minimum atomic E-state index is -0.145. The van der Waals surface area contributed by atoms with Gasteiger partial charge in [-0.1, -0.05) is 36.4 Å². The summed E-state index contributed by atoms with van der Waals surface area (Å²) < 4.78 is 0. The van der Waals surface area contributed by atoms with Gasteiger partial charge in [-0.3, -0.25) is 4.98 Å². The lowest BCUT2D eigenvalue weighted by atomic mass is 9.74.